The summed E-state index contributed by atoms with van der Waals surface area (Å²) in [7, 11) is 0. The van der Waals surface area contributed by atoms with Crippen molar-refractivity contribution in [3.05, 3.63) is 18.2 Å². The molecule has 1 N–H and O–H groups in total. The highest BCUT2D eigenvalue weighted by Crippen LogP contribution is 2.34. The van der Waals surface area contributed by atoms with Gasteiger partial charge in [-0.2, -0.15) is 0 Å². The Balaban J connectivity index is 1.86. The van der Waals surface area contributed by atoms with Gasteiger partial charge in [-0.3, -0.25) is 4.79 Å². The maximum Gasteiger partial charge on any atom is 0.230 e. The molecule has 110 valence electrons. The lowest BCUT2D eigenvalue weighted by molar-refractivity contribution is -0.119. The van der Waals surface area contributed by atoms with Gasteiger partial charge < -0.3 is 14.8 Å². The highest BCUT2D eigenvalue weighted by Gasteiger charge is 2.14. The Morgan fingerprint density at radius 3 is 2.65 bits per heavy atom. The molecule has 2 rings (SSSR count). The Bertz CT molecular complexity index is 476. The molecule has 0 fully saturated rings. The second-order valence-electron chi connectivity index (χ2n) is 5.19. The molecule has 1 heterocycles. The zero-order valence-electron chi connectivity index (χ0n) is 12.1. The van der Waals surface area contributed by atoms with E-state index < -0.39 is 0 Å². The van der Waals surface area contributed by atoms with Crippen LogP contribution >= 0.6 is 11.8 Å². The van der Waals surface area contributed by atoms with Crippen molar-refractivity contribution >= 4 is 17.7 Å². The maximum absolute atomic E-state index is 11.8. The summed E-state index contributed by atoms with van der Waals surface area (Å²) in [6.45, 7) is 7.39. The monoisotopic (exact) mass is 295 g/mol. The Hall–Kier alpha value is -1.36. The first kappa shape index (κ1) is 15.0. The summed E-state index contributed by atoms with van der Waals surface area (Å²) < 4.78 is 11.0. The van der Waals surface area contributed by atoms with Crippen molar-refractivity contribution in [3.8, 4) is 11.5 Å². The summed E-state index contributed by atoms with van der Waals surface area (Å²) in [5.74, 6) is 2.46. The van der Waals surface area contributed by atoms with E-state index in [9.17, 15) is 4.79 Å². The predicted molar refractivity (Wildman–Crippen MR) is 80.6 cm³/mol. The van der Waals surface area contributed by atoms with Gasteiger partial charge in [-0.1, -0.05) is 13.8 Å². The summed E-state index contributed by atoms with van der Waals surface area (Å²) in [6, 6.07) is 5.98. The largest absolute Gasteiger partial charge is 0.486 e. The van der Waals surface area contributed by atoms with E-state index >= 15 is 0 Å². The molecule has 1 aromatic rings. The van der Waals surface area contributed by atoms with Crippen molar-refractivity contribution in [1.82, 2.24) is 5.32 Å². The van der Waals surface area contributed by atoms with Gasteiger partial charge in [0.25, 0.3) is 0 Å². The Labute approximate surface area is 124 Å². The number of hydrogen-bond acceptors (Lipinski definition) is 4. The van der Waals surface area contributed by atoms with Crippen LogP contribution in [0.4, 0.5) is 0 Å². The number of carbonyl (C=O) groups excluding carboxylic acids is 1. The molecule has 0 bridgehead atoms. The van der Waals surface area contributed by atoms with Crippen molar-refractivity contribution in [2.75, 3.05) is 19.0 Å². The molecule has 0 radical (unpaired) electrons. The van der Waals surface area contributed by atoms with Crippen LogP contribution in [0, 0.1) is 5.92 Å². The van der Waals surface area contributed by atoms with E-state index in [4.69, 9.17) is 9.47 Å². The molecule has 0 unspecified atom stereocenters. The van der Waals surface area contributed by atoms with E-state index in [0.717, 1.165) is 16.4 Å². The minimum Gasteiger partial charge on any atom is -0.486 e. The van der Waals surface area contributed by atoms with E-state index in [-0.39, 0.29) is 11.9 Å². The number of carbonyl (C=O) groups is 1. The number of fused-ring (bicyclic) bond motifs is 1. The molecule has 1 aromatic carbocycles. The van der Waals surface area contributed by atoms with E-state index in [1.165, 1.54) is 11.8 Å². The van der Waals surface area contributed by atoms with Crippen LogP contribution in [0.15, 0.2) is 23.1 Å². The highest BCUT2D eigenvalue weighted by atomic mass is 32.2. The highest BCUT2D eigenvalue weighted by molar-refractivity contribution is 8.00. The second-order valence-corrected chi connectivity index (χ2v) is 6.24. The Morgan fingerprint density at radius 1 is 1.25 bits per heavy atom. The quantitative estimate of drug-likeness (QED) is 0.849. The van der Waals surface area contributed by atoms with E-state index in [2.05, 4.69) is 19.2 Å². The smallest absolute Gasteiger partial charge is 0.230 e. The van der Waals surface area contributed by atoms with Crippen LogP contribution < -0.4 is 14.8 Å². The van der Waals surface area contributed by atoms with Crippen molar-refractivity contribution in [2.45, 2.75) is 31.7 Å². The summed E-state index contributed by atoms with van der Waals surface area (Å²) in [5, 5.41) is 3.00. The van der Waals surface area contributed by atoms with Crippen molar-refractivity contribution in [3.63, 3.8) is 0 Å². The second kappa shape index (κ2) is 6.88. The molecule has 0 saturated heterocycles. The predicted octanol–water partition coefficient (Wildman–Crippen LogP) is 2.71. The normalized spacial score (nSPS) is 15.0. The van der Waals surface area contributed by atoms with Crippen molar-refractivity contribution in [2.24, 2.45) is 5.92 Å². The first-order valence-electron chi connectivity index (χ1n) is 6.88. The van der Waals surface area contributed by atoms with Gasteiger partial charge in [-0.15, -0.1) is 11.8 Å². The van der Waals surface area contributed by atoms with Crippen molar-refractivity contribution in [1.29, 1.82) is 0 Å². The SMILES string of the molecule is CC(C)[C@H](C)NC(=O)CSc1ccc2c(c1)OCCO2. The summed E-state index contributed by atoms with van der Waals surface area (Å²) in [6.07, 6.45) is 0. The zero-order chi connectivity index (χ0) is 14.5. The number of nitrogens with one attached hydrogen (secondary N) is 1. The number of hydrogen-bond donors (Lipinski definition) is 1. The van der Waals surface area contributed by atoms with Crippen molar-refractivity contribution < 1.29 is 14.3 Å². The molecule has 0 aliphatic carbocycles. The topological polar surface area (TPSA) is 47.6 Å². The summed E-state index contributed by atoms with van der Waals surface area (Å²) >= 11 is 1.51. The van der Waals surface area contributed by atoms with Gasteiger partial charge in [0, 0.05) is 10.9 Å². The first-order chi connectivity index (χ1) is 9.56. The van der Waals surface area contributed by atoms with E-state index in [1.54, 1.807) is 0 Å². The minimum atomic E-state index is 0.0612. The van der Waals surface area contributed by atoms with E-state index in [0.29, 0.717) is 24.9 Å². The molecule has 1 atom stereocenters. The van der Waals surface area contributed by atoms with Crippen LogP contribution in [0.25, 0.3) is 0 Å². The first-order valence-corrected chi connectivity index (χ1v) is 7.86. The van der Waals surface area contributed by atoms with Gasteiger partial charge in [0.1, 0.15) is 13.2 Å². The zero-order valence-corrected chi connectivity index (χ0v) is 13.0. The van der Waals surface area contributed by atoms with Gasteiger partial charge >= 0.3 is 0 Å². The fourth-order valence-electron chi connectivity index (χ4n) is 1.72. The standard InChI is InChI=1S/C15H21NO3S/c1-10(2)11(3)16-15(17)9-20-12-4-5-13-14(8-12)19-7-6-18-13/h4-5,8,10-11H,6-7,9H2,1-3H3,(H,16,17)/t11-/m0/s1. The third-order valence-corrected chi connectivity index (χ3v) is 4.27. The maximum atomic E-state index is 11.8. The number of benzene rings is 1. The molecule has 1 aliphatic heterocycles. The summed E-state index contributed by atoms with van der Waals surface area (Å²) in [5.41, 5.74) is 0. The number of rotatable bonds is 5. The Kier molecular flexibility index (Phi) is 5.17. The molecule has 20 heavy (non-hydrogen) atoms. The van der Waals surface area contributed by atoms with Crippen LogP contribution in [0.3, 0.4) is 0 Å². The lowest BCUT2D eigenvalue weighted by Crippen LogP contribution is -2.37. The van der Waals surface area contributed by atoms with Gasteiger partial charge in [-0.05, 0) is 31.0 Å². The van der Waals surface area contributed by atoms with Crippen LogP contribution in [0.5, 0.6) is 11.5 Å². The molecule has 0 saturated carbocycles. The van der Waals surface area contributed by atoms with Crippen LogP contribution in [0.2, 0.25) is 0 Å². The average Bonchev–Trinajstić information content (AvgIpc) is 2.44. The van der Waals surface area contributed by atoms with Crippen LogP contribution in [-0.4, -0.2) is 30.9 Å². The number of thioether (sulfide) groups is 1. The third kappa shape index (κ3) is 4.07. The Morgan fingerprint density at radius 2 is 1.95 bits per heavy atom. The molecule has 1 aliphatic rings. The molecule has 0 aromatic heterocycles. The lowest BCUT2D eigenvalue weighted by Gasteiger charge is -2.19. The number of amides is 1. The molecular formula is C15H21NO3S. The molecule has 4 nitrogen and oxygen atoms in total. The van der Waals surface area contributed by atoms with Crippen LogP contribution in [-0.2, 0) is 4.79 Å². The molecule has 0 spiro atoms. The fraction of sp³-hybridized carbons (Fsp3) is 0.533. The van der Waals surface area contributed by atoms with Crippen LogP contribution in [0.1, 0.15) is 20.8 Å². The average molecular weight is 295 g/mol. The van der Waals surface area contributed by atoms with Gasteiger partial charge in [0.05, 0.1) is 5.75 Å². The summed E-state index contributed by atoms with van der Waals surface area (Å²) in [4.78, 5) is 12.8. The molecule has 1 amide bonds. The third-order valence-electron chi connectivity index (χ3n) is 3.27. The van der Waals surface area contributed by atoms with E-state index in [1.807, 2.05) is 25.1 Å². The lowest BCUT2D eigenvalue weighted by atomic mass is 10.1. The van der Waals surface area contributed by atoms with Gasteiger partial charge in [0.15, 0.2) is 11.5 Å². The number of ether oxygens (including phenoxy) is 2. The van der Waals surface area contributed by atoms with Gasteiger partial charge in [-0.25, -0.2) is 0 Å². The molecule has 5 heteroatoms. The van der Waals surface area contributed by atoms with Gasteiger partial charge in [0.2, 0.25) is 5.91 Å². The fourth-order valence-corrected chi connectivity index (χ4v) is 2.46. The molecular weight excluding hydrogens is 274 g/mol. The minimum absolute atomic E-state index is 0.0612.